The molecule has 3 aromatic heterocycles. The lowest BCUT2D eigenvalue weighted by Gasteiger charge is -2.13. The number of nitrogens with one attached hydrogen (secondary N) is 3. The summed E-state index contributed by atoms with van der Waals surface area (Å²) in [5, 5.41) is 22.3. The van der Waals surface area contributed by atoms with E-state index in [0.29, 0.717) is 28.2 Å². The Labute approximate surface area is 226 Å². The van der Waals surface area contributed by atoms with Gasteiger partial charge in [0.2, 0.25) is 0 Å². The van der Waals surface area contributed by atoms with Crippen LogP contribution in [0.5, 0.6) is 11.5 Å². The van der Waals surface area contributed by atoms with Crippen LogP contribution in [0.15, 0.2) is 71.7 Å². The standard InChI is InChI=1S/C28H24F2N6O4/c1-15(14-37)32-26-24-23(11-12-31-25(24)34-35-26)40-22-10-6-18(13-21(22)30)33-27(38)20-9-3-16(2)36(28(20)39)19-7-4-17(29)5-8-19/h3-13,15,37H,14H2,1-2H3,(H,33,38)(H2,31,32,34,35). The Hall–Kier alpha value is -5.10. The highest BCUT2D eigenvalue weighted by Crippen LogP contribution is 2.34. The van der Waals surface area contributed by atoms with Gasteiger partial charge >= 0.3 is 0 Å². The quantitative estimate of drug-likeness (QED) is 0.225. The zero-order chi connectivity index (χ0) is 28.4. The third-order valence-electron chi connectivity index (χ3n) is 6.10. The minimum absolute atomic E-state index is 0.102. The Balaban J connectivity index is 1.38. The molecule has 0 spiro atoms. The largest absolute Gasteiger partial charge is 0.453 e. The number of aromatic nitrogens is 4. The number of aromatic amines is 1. The Morgan fingerprint density at radius 3 is 2.60 bits per heavy atom. The van der Waals surface area contributed by atoms with Crippen molar-refractivity contribution in [2.75, 3.05) is 17.2 Å². The van der Waals surface area contributed by atoms with E-state index in [0.717, 1.165) is 6.07 Å². The maximum atomic E-state index is 15.1. The number of fused-ring (bicyclic) bond motifs is 1. The zero-order valence-corrected chi connectivity index (χ0v) is 21.4. The average Bonchev–Trinajstić information content (AvgIpc) is 3.34. The number of aliphatic hydroxyl groups is 1. The second-order valence-corrected chi connectivity index (χ2v) is 9.04. The lowest BCUT2D eigenvalue weighted by atomic mass is 10.2. The van der Waals surface area contributed by atoms with Gasteiger partial charge in [0.05, 0.1) is 6.61 Å². The van der Waals surface area contributed by atoms with Gasteiger partial charge in [-0.25, -0.2) is 13.8 Å². The first-order chi connectivity index (χ1) is 19.2. The molecule has 5 rings (SSSR count). The predicted octanol–water partition coefficient (Wildman–Crippen LogP) is 4.53. The maximum absolute atomic E-state index is 15.1. The number of ether oxygens (including phenoxy) is 1. The van der Waals surface area contributed by atoms with E-state index in [1.807, 2.05) is 0 Å². The fraction of sp³-hybridized carbons (Fsp3) is 0.143. The van der Waals surface area contributed by atoms with Crippen LogP contribution in [-0.4, -0.2) is 43.4 Å². The maximum Gasteiger partial charge on any atom is 0.268 e. The van der Waals surface area contributed by atoms with Crippen LogP contribution in [0.2, 0.25) is 0 Å². The molecular formula is C28H24F2N6O4. The molecule has 0 aliphatic rings. The normalized spacial score (nSPS) is 11.8. The van der Waals surface area contributed by atoms with Crippen molar-refractivity contribution in [3.05, 3.63) is 100 Å². The molecule has 0 aliphatic heterocycles. The van der Waals surface area contributed by atoms with Crippen molar-refractivity contribution in [3.8, 4) is 17.2 Å². The number of anilines is 2. The summed E-state index contributed by atoms with van der Waals surface area (Å²) in [6, 6.07) is 13.4. The Morgan fingerprint density at radius 1 is 1.10 bits per heavy atom. The van der Waals surface area contributed by atoms with E-state index < -0.39 is 23.1 Å². The first kappa shape index (κ1) is 26.5. The third kappa shape index (κ3) is 5.24. The summed E-state index contributed by atoms with van der Waals surface area (Å²) in [5.74, 6) is -1.43. The van der Waals surface area contributed by atoms with Gasteiger partial charge in [0.1, 0.15) is 22.5 Å². The number of aliphatic hydroxyl groups excluding tert-OH is 1. The van der Waals surface area contributed by atoms with Crippen molar-refractivity contribution in [3.63, 3.8) is 0 Å². The van der Waals surface area contributed by atoms with Gasteiger partial charge in [0.15, 0.2) is 23.0 Å². The molecule has 2 aromatic carbocycles. The third-order valence-corrected chi connectivity index (χ3v) is 6.10. The minimum Gasteiger partial charge on any atom is -0.453 e. The van der Waals surface area contributed by atoms with Crippen molar-refractivity contribution >= 4 is 28.4 Å². The number of aryl methyl sites for hydroxylation is 1. The van der Waals surface area contributed by atoms with E-state index in [1.54, 1.807) is 26.0 Å². The molecule has 3 heterocycles. The van der Waals surface area contributed by atoms with E-state index in [1.165, 1.54) is 53.2 Å². The smallest absolute Gasteiger partial charge is 0.268 e. The van der Waals surface area contributed by atoms with Crippen molar-refractivity contribution in [1.29, 1.82) is 0 Å². The molecule has 0 saturated carbocycles. The molecule has 0 bridgehead atoms. The number of halogens is 2. The van der Waals surface area contributed by atoms with Gasteiger partial charge in [-0.05, 0) is 62.4 Å². The van der Waals surface area contributed by atoms with Crippen LogP contribution in [0.4, 0.5) is 20.3 Å². The van der Waals surface area contributed by atoms with Gasteiger partial charge < -0.3 is 20.5 Å². The molecule has 204 valence electrons. The molecule has 0 fully saturated rings. The van der Waals surface area contributed by atoms with Gasteiger partial charge in [0, 0.05) is 41.4 Å². The number of rotatable bonds is 8. The summed E-state index contributed by atoms with van der Waals surface area (Å²) in [5.41, 5.74) is 0.674. The summed E-state index contributed by atoms with van der Waals surface area (Å²) < 4.78 is 35.5. The first-order valence-corrected chi connectivity index (χ1v) is 12.2. The molecule has 1 unspecified atom stereocenters. The number of H-pyrrole nitrogens is 1. The predicted molar refractivity (Wildman–Crippen MR) is 145 cm³/mol. The van der Waals surface area contributed by atoms with Crippen LogP contribution in [-0.2, 0) is 0 Å². The van der Waals surface area contributed by atoms with E-state index in [2.05, 4.69) is 25.8 Å². The summed E-state index contributed by atoms with van der Waals surface area (Å²) in [6.45, 7) is 3.32. The van der Waals surface area contributed by atoms with E-state index in [-0.39, 0.29) is 35.4 Å². The first-order valence-electron chi connectivity index (χ1n) is 12.2. The minimum atomic E-state index is -0.767. The zero-order valence-electron chi connectivity index (χ0n) is 21.4. The summed E-state index contributed by atoms with van der Waals surface area (Å²) >= 11 is 0. The number of nitrogens with zero attached hydrogens (tertiary/aromatic N) is 3. The average molecular weight is 547 g/mol. The van der Waals surface area contributed by atoms with E-state index >= 15 is 4.39 Å². The lowest BCUT2D eigenvalue weighted by molar-refractivity contribution is 0.102. The second-order valence-electron chi connectivity index (χ2n) is 9.04. The van der Waals surface area contributed by atoms with Crippen LogP contribution in [0, 0.1) is 18.6 Å². The van der Waals surface area contributed by atoms with Crippen molar-refractivity contribution < 1.29 is 23.4 Å². The molecular weight excluding hydrogens is 522 g/mol. The van der Waals surface area contributed by atoms with Crippen molar-refractivity contribution in [2.45, 2.75) is 19.9 Å². The van der Waals surface area contributed by atoms with Gasteiger partial charge in [-0.2, -0.15) is 5.10 Å². The molecule has 0 aliphatic carbocycles. The molecule has 40 heavy (non-hydrogen) atoms. The van der Waals surface area contributed by atoms with Crippen LogP contribution in [0.1, 0.15) is 23.0 Å². The SMILES string of the molecule is Cc1ccc(C(=O)Nc2ccc(Oc3ccnc4[nH]nc(NC(C)CO)c34)c(F)c2)c(=O)n1-c1ccc(F)cc1. The summed E-state index contributed by atoms with van der Waals surface area (Å²) in [6.07, 6.45) is 1.47. The number of benzene rings is 2. The van der Waals surface area contributed by atoms with Gasteiger partial charge in [-0.1, -0.05) is 0 Å². The Morgan fingerprint density at radius 2 is 1.88 bits per heavy atom. The van der Waals surface area contributed by atoms with Gasteiger partial charge in [0.25, 0.3) is 11.5 Å². The van der Waals surface area contributed by atoms with Crippen LogP contribution < -0.4 is 20.9 Å². The molecule has 10 nitrogen and oxygen atoms in total. The Bertz CT molecular complexity index is 1770. The fourth-order valence-corrected chi connectivity index (χ4v) is 4.08. The van der Waals surface area contributed by atoms with Crippen molar-refractivity contribution in [1.82, 2.24) is 19.7 Å². The second kappa shape index (κ2) is 10.9. The van der Waals surface area contributed by atoms with Gasteiger partial charge in [-0.3, -0.25) is 19.3 Å². The molecule has 1 amide bonds. The number of amides is 1. The highest BCUT2D eigenvalue weighted by Gasteiger charge is 2.18. The Kier molecular flexibility index (Phi) is 7.25. The number of carbonyl (C=O) groups excluding carboxylic acids is 1. The van der Waals surface area contributed by atoms with Crippen LogP contribution >= 0.6 is 0 Å². The molecule has 0 saturated heterocycles. The van der Waals surface area contributed by atoms with E-state index in [4.69, 9.17) is 4.74 Å². The summed E-state index contributed by atoms with van der Waals surface area (Å²) in [7, 11) is 0. The van der Waals surface area contributed by atoms with Crippen molar-refractivity contribution in [2.24, 2.45) is 0 Å². The molecule has 4 N–H and O–H groups in total. The fourth-order valence-electron chi connectivity index (χ4n) is 4.08. The highest BCUT2D eigenvalue weighted by molar-refractivity contribution is 6.04. The lowest BCUT2D eigenvalue weighted by Crippen LogP contribution is -2.29. The molecule has 12 heteroatoms. The number of carbonyl (C=O) groups is 1. The topological polar surface area (TPSA) is 134 Å². The van der Waals surface area contributed by atoms with Crippen LogP contribution in [0.3, 0.4) is 0 Å². The monoisotopic (exact) mass is 546 g/mol. The molecule has 1 atom stereocenters. The molecule has 0 radical (unpaired) electrons. The number of hydrogen-bond acceptors (Lipinski definition) is 7. The highest BCUT2D eigenvalue weighted by atomic mass is 19.1. The number of hydrogen-bond donors (Lipinski definition) is 4. The summed E-state index contributed by atoms with van der Waals surface area (Å²) in [4.78, 5) is 30.3. The van der Waals surface area contributed by atoms with Gasteiger partial charge in [-0.15, -0.1) is 0 Å². The molecule has 5 aromatic rings. The van der Waals surface area contributed by atoms with Crippen LogP contribution in [0.25, 0.3) is 16.7 Å². The number of pyridine rings is 2. The van der Waals surface area contributed by atoms with E-state index in [9.17, 15) is 19.1 Å².